The molecule has 0 unspecified atom stereocenters. The maximum atomic E-state index is 11.5. The number of hydrogen-bond donors (Lipinski definition) is 2. The van der Waals surface area contributed by atoms with Crippen molar-refractivity contribution in [1.82, 2.24) is 25.5 Å². The molecule has 11 heteroatoms. The zero-order valence-corrected chi connectivity index (χ0v) is 14.1. The number of aromatic nitrogens is 4. The van der Waals surface area contributed by atoms with E-state index < -0.39 is 4.92 Å². The van der Waals surface area contributed by atoms with E-state index in [1.54, 1.807) is 12.1 Å². The van der Waals surface area contributed by atoms with Gasteiger partial charge in [-0.1, -0.05) is 0 Å². The summed E-state index contributed by atoms with van der Waals surface area (Å²) in [6.07, 6.45) is 1.39. The van der Waals surface area contributed by atoms with Crippen LogP contribution in [-0.4, -0.2) is 63.7 Å². The van der Waals surface area contributed by atoms with E-state index in [0.29, 0.717) is 11.4 Å². The van der Waals surface area contributed by atoms with Crippen LogP contribution in [0.4, 0.5) is 17.1 Å². The van der Waals surface area contributed by atoms with Gasteiger partial charge in [0.15, 0.2) is 0 Å². The van der Waals surface area contributed by atoms with Gasteiger partial charge in [-0.15, -0.1) is 10.2 Å². The number of nitro benzene ring substituents is 1. The Labute approximate surface area is 149 Å². The van der Waals surface area contributed by atoms with E-state index >= 15 is 0 Å². The molecule has 134 valence electrons. The summed E-state index contributed by atoms with van der Waals surface area (Å²) in [5, 5.41) is 36.7. The number of aromatic amines is 1. The third kappa shape index (κ3) is 3.76. The van der Waals surface area contributed by atoms with Crippen molar-refractivity contribution >= 4 is 22.6 Å². The molecule has 1 saturated heterocycles. The maximum Gasteiger partial charge on any atom is 0.294 e. The summed E-state index contributed by atoms with van der Waals surface area (Å²) in [4.78, 5) is 15.3. The van der Waals surface area contributed by atoms with Crippen LogP contribution in [0.1, 0.15) is 5.82 Å². The average molecular weight is 355 g/mol. The number of H-pyrrole nitrogens is 1. The predicted molar refractivity (Wildman–Crippen MR) is 94.2 cm³/mol. The molecule has 11 nitrogen and oxygen atoms in total. The van der Waals surface area contributed by atoms with Crippen molar-refractivity contribution in [2.75, 3.05) is 43.4 Å². The number of nitrogens with zero attached hydrogens (tertiary/aromatic N) is 7. The number of nitro groups is 1. The van der Waals surface area contributed by atoms with Gasteiger partial charge in [0.2, 0.25) is 5.82 Å². The van der Waals surface area contributed by atoms with Crippen LogP contribution in [0.25, 0.3) is 5.57 Å². The van der Waals surface area contributed by atoms with E-state index in [2.05, 4.69) is 30.8 Å². The smallest absolute Gasteiger partial charge is 0.294 e. The number of tetrazole rings is 1. The Morgan fingerprint density at radius 1 is 1.42 bits per heavy atom. The minimum Gasteiger partial charge on any atom is -0.363 e. The first-order valence-corrected chi connectivity index (χ1v) is 7.91. The fraction of sp³-hybridized carbons (Fsp3) is 0.333. The van der Waals surface area contributed by atoms with Gasteiger partial charge in [-0.2, -0.15) is 10.5 Å². The highest BCUT2D eigenvalue weighted by atomic mass is 16.6. The van der Waals surface area contributed by atoms with Gasteiger partial charge >= 0.3 is 0 Å². The quantitative estimate of drug-likeness (QED) is 0.453. The molecule has 26 heavy (non-hydrogen) atoms. The Morgan fingerprint density at radius 2 is 2.19 bits per heavy atom. The highest BCUT2D eigenvalue weighted by Gasteiger charge is 2.23. The first-order valence-electron chi connectivity index (χ1n) is 7.91. The van der Waals surface area contributed by atoms with E-state index in [0.717, 1.165) is 26.2 Å². The minimum atomic E-state index is -0.396. The van der Waals surface area contributed by atoms with Crippen LogP contribution in [-0.2, 0) is 0 Å². The summed E-state index contributed by atoms with van der Waals surface area (Å²) in [7, 11) is 2.03. The minimum absolute atomic E-state index is 0.0195. The SMILES string of the molecule is CN1CCN(c2ccc(NC=C(C#N)c3nn[nH]n3)cc2[N+](=O)[O-])CC1. The lowest BCUT2D eigenvalue weighted by molar-refractivity contribution is -0.384. The third-order valence-corrected chi connectivity index (χ3v) is 4.11. The third-order valence-electron chi connectivity index (χ3n) is 4.11. The van der Waals surface area contributed by atoms with E-state index in [1.807, 2.05) is 18.0 Å². The van der Waals surface area contributed by atoms with Gasteiger partial charge < -0.3 is 15.1 Å². The van der Waals surface area contributed by atoms with Crippen LogP contribution in [0.5, 0.6) is 0 Å². The summed E-state index contributed by atoms with van der Waals surface area (Å²) in [5.74, 6) is 0.142. The summed E-state index contributed by atoms with van der Waals surface area (Å²) in [6.45, 7) is 3.19. The Bertz CT molecular complexity index is 848. The number of hydrogen-bond acceptors (Lipinski definition) is 9. The summed E-state index contributed by atoms with van der Waals surface area (Å²) in [5.41, 5.74) is 1.26. The lowest BCUT2D eigenvalue weighted by atomic mass is 10.2. The van der Waals surface area contributed by atoms with E-state index in [1.165, 1.54) is 12.3 Å². The van der Waals surface area contributed by atoms with Gasteiger partial charge in [0.05, 0.1) is 4.92 Å². The fourth-order valence-electron chi connectivity index (χ4n) is 2.65. The largest absolute Gasteiger partial charge is 0.363 e. The molecule has 2 N–H and O–H groups in total. The molecule has 0 atom stereocenters. The molecule has 0 amide bonds. The van der Waals surface area contributed by atoms with E-state index in [9.17, 15) is 10.1 Å². The lowest BCUT2D eigenvalue weighted by Crippen LogP contribution is -2.44. The van der Waals surface area contributed by atoms with Crippen LogP contribution < -0.4 is 10.2 Å². The molecule has 0 bridgehead atoms. The zero-order valence-electron chi connectivity index (χ0n) is 14.1. The molecule has 1 aromatic heterocycles. The molecular formula is C15H17N9O2. The monoisotopic (exact) mass is 355 g/mol. The van der Waals surface area contributed by atoms with Gasteiger partial charge in [-0.3, -0.25) is 10.1 Å². The zero-order chi connectivity index (χ0) is 18.5. The van der Waals surface area contributed by atoms with E-state index in [-0.39, 0.29) is 17.1 Å². The first-order chi connectivity index (χ1) is 12.6. The van der Waals surface area contributed by atoms with Crippen LogP contribution in [0.3, 0.4) is 0 Å². The van der Waals surface area contributed by atoms with Crippen LogP contribution in [0.15, 0.2) is 24.4 Å². The maximum absolute atomic E-state index is 11.5. The molecule has 0 saturated carbocycles. The van der Waals surface area contributed by atoms with Crippen molar-refractivity contribution in [3.8, 4) is 6.07 Å². The van der Waals surface area contributed by atoms with Crippen LogP contribution >= 0.6 is 0 Å². The van der Waals surface area contributed by atoms with Crippen molar-refractivity contribution in [2.45, 2.75) is 0 Å². The predicted octanol–water partition coefficient (Wildman–Crippen LogP) is 0.836. The van der Waals surface area contributed by atoms with Gasteiger partial charge in [0.1, 0.15) is 17.3 Å². The highest BCUT2D eigenvalue weighted by molar-refractivity contribution is 5.75. The molecule has 1 aliphatic heterocycles. The van der Waals surface area contributed by atoms with Crippen molar-refractivity contribution < 1.29 is 4.92 Å². The topological polar surface area (TPSA) is 140 Å². The molecule has 0 aliphatic carbocycles. The first kappa shape index (κ1) is 17.3. The van der Waals surface area contributed by atoms with E-state index in [4.69, 9.17) is 5.26 Å². The summed E-state index contributed by atoms with van der Waals surface area (Å²) >= 11 is 0. The molecule has 1 fully saturated rings. The van der Waals surface area contributed by atoms with Crippen molar-refractivity contribution in [1.29, 1.82) is 5.26 Å². The molecule has 1 aromatic carbocycles. The summed E-state index contributed by atoms with van der Waals surface area (Å²) < 4.78 is 0. The number of rotatable bonds is 5. The number of anilines is 2. The second kappa shape index (κ2) is 7.58. The Morgan fingerprint density at radius 3 is 2.81 bits per heavy atom. The molecular weight excluding hydrogens is 338 g/mol. The Hall–Kier alpha value is -3.52. The fourth-order valence-corrected chi connectivity index (χ4v) is 2.65. The molecule has 3 rings (SSSR count). The molecule has 2 aromatic rings. The Balaban J connectivity index is 1.82. The van der Waals surface area contributed by atoms with Crippen molar-refractivity contribution in [2.24, 2.45) is 0 Å². The summed E-state index contributed by atoms with van der Waals surface area (Å²) in [6, 6.07) is 6.86. The normalized spacial score (nSPS) is 15.5. The van der Waals surface area contributed by atoms with Crippen LogP contribution in [0, 0.1) is 21.4 Å². The molecule has 0 spiro atoms. The number of allylic oxidation sites excluding steroid dienone is 1. The Kier molecular flexibility index (Phi) is 5.04. The van der Waals surface area contributed by atoms with Gasteiger partial charge in [0, 0.05) is 44.1 Å². The second-order valence-corrected chi connectivity index (χ2v) is 5.80. The average Bonchev–Trinajstić information content (AvgIpc) is 3.17. The van der Waals surface area contributed by atoms with Gasteiger partial charge in [0.25, 0.3) is 5.69 Å². The van der Waals surface area contributed by atoms with Crippen molar-refractivity contribution in [3.05, 3.63) is 40.3 Å². The van der Waals surface area contributed by atoms with Gasteiger partial charge in [-0.25, -0.2) is 0 Å². The number of nitrogens with one attached hydrogen (secondary N) is 2. The molecule has 1 aliphatic rings. The second-order valence-electron chi connectivity index (χ2n) is 5.80. The molecule has 2 heterocycles. The van der Waals surface area contributed by atoms with Gasteiger partial charge in [-0.05, 0) is 24.4 Å². The number of nitriles is 1. The van der Waals surface area contributed by atoms with Crippen LogP contribution in [0.2, 0.25) is 0 Å². The molecule has 0 radical (unpaired) electrons. The standard InChI is InChI=1S/C15H17N9O2/c1-22-4-6-23(7-5-22)13-3-2-12(8-14(13)24(25)26)17-10-11(9-16)15-18-20-21-19-15/h2-3,8,10,17H,4-7H2,1H3,(H,18,19,20,21). The number of likely N-dealkylation sites (N-methyl/N-ethyl adjacent to an activating group) is 1. The number of benzene rings is 1. The van der Waals surface area contributed by atoms with Crippen molar-refractivity contribution in [3.63, 3.8) is 0 Å². The highest BCUT2D eigenvalue weighted by Crippen LogP contribution is 2.32. The number of piperazine rings is 1. The lowest BCUT2D eigenvalue weighted by Gasteiger charge is -2.33.